The molecule has 1 unspecified atom stereocenters. The van der Waals surface area contributed by atoms with E-state index in [1.807, 2.05) is 0 Å². The average Bonchev–Trinajstić information content (AvgIpc) is 2.45. The van der Waals surface area contributed by atoms with E-state index in [1.165, 1.54) is 50.7 Å². The summed E-state index contributed by atoms with van der Waals surface area (Å²) < 4.78 is 27.3. The minimum absolute atomic E-state index is 0.101. The van der Waals surface area contributed by atoms with Crippen molar-refractivity contribution in [2.24, 2.45) is 17.8 Å². The van der Waals surface area contributed by atoms with Gasteiger partial charge in [0.1, 0.15) is 11.6 Å². The molecular formula is C18H25F2I. The Labute approximate surface area is 140 Å². The van der Waals surface area contributed by atoms with Gasteiger partial charge in [-0.2, -0.15) is 0 Å². The van der Waals surface area contributed by atoms with E-state index in [0.29, 0.717) is 11.8 Å². The van der Waals surface area contributed by atoms with Gasteiger partial charge in [-0.05, 0) is 77.3 Å². The molecule has 0 heterocycles. The highest BCUT2D eigenvalue weighted by molar-refractivity contribution is 14.1. The molecule has 1 aliphatic rings. The van der Waals surface area contributed by atoms with Gasteiger partial charge in [0.05, 0.1) is 3.57 Å². The van der Waals surface area contributed by atoms with Crippen molar-refractivity contribution in [3.63, 3.8) is 0 Å². The first-order valence-electron chi connectivity index (χ1n) is 8.14. The van der Waals surface area contributed by atoms with Crippen molar-refractivity contribution in [2.45, 2.75) is 58.8 Å². The summed E-state index contributed by atoms with van der Waals surface area (Å²) in [4.78, 5) is 0. The zero-order chi connectivity index (χ0) is 15.4. The molecule has 0 spiro atoms. The summed E-state index contributed by atoms with van der Waals surface area (Å²) >= 11 is 1.72. The summed E-state index contributed by atoms with van der Waals surface area (Å²) in [6.45, 7) is 4.49. The summed E-state index contributed by atoms with van der Waals surface area (Å²) in [6.07, 6.45) is 8.65. The van der Waals surface area contributed by atoms with E-state index < -0.39 is 11.6 Å². The van der Waals surface area contributed by atoms with Crippen LogP contribution in [-0.2, 0) is 6.42 Å². The van der Waals surface area contributed by atoms with Crippen LogP contribution in [0.2, 0.25) is 0 Å². The first kappa shape index (κ1) is 17.2. The summed E-state index contributed by atoms with van der Waals surface area (Å²) in [5.74, 6) is 1.27. The number of hydrogen-bond donors (Lipinski definition) is 0. The molecule has 0 bridgehead atoms. The fourth-order valence-corrected chi connectivity index (χ4v) is 4.03. The Hall–Kier alpha value is -0.190. The molecule has 1 saturated carbocycles. The fourth-order valence-electron chi connectivity index (χ4n) is 3.72. The topological polar surface area (TPSA) is 0 Å². The molecule has 1 aliphatic carbocycles. The molecule has 0 radical (unpaired) electrons. The highest BCUT2D eigenvalue weighted by Crippen LogP contribution is 2.36. The molecule has 2 rings (SSSR count). The third-order valence-electron chi connectivity index (χ3n) is 4.99. The maximum atomic E-state index is 13.6. The Morgan fingerprint density at radius 3 is 2.24 bits per heavy atom. The second kappa shape index (κ2) is 7.89. The van der Waals surface area contributed by atoms with Gasteiger partial charge in [0.2, 0.25) is 0 Å². The van der Waals surface area contributed by atoms with Crippen LogP contribution in [0.4, 0.5) is 8.78 Å². The molecule has 0 amide bonds. The van der Waals surface area contributed by atoms with Gasteiger partial charge >= 0.3 is 0 Å². The van der Waals surface area contributed by atoms with Gasteiger partial charge < -0.3 is 0 Å². The summed E-state index contributed by atoms with van der Waals surface area (Å²) in [5.41, 5.74) is 0.800. The molecule has 0 nitrogen and oxygen atoms in total. The molecule has 1 aromatic carbocycles. The van der Waals surface area contributed by atoms with Crippen molar-refractivity contribution < 1.29 is 8.78 Å². The molecule has 1 atom stereocenters. The molecule has 0 saturated heterocycles. The highest BCUT2D eigenvalue weighted by Gasteiger charge is 2.25. The van der Waals surface area contributed by atoms with E-state index in [9.17, 15) is 8.78 Å². The van der Waals surface area contributed by atoms with Crippen LogP contribution >= 0.6 is 22.6 Å². The maximum absolute atomic E-state index is 13.6. The second-order valence-electron chi connectivity index (χ2n) is 6.62. The number of halogens is 3. The lowest BCUT2D eigenvalue weighted by Crippen LogP contribution is -2.21. The van der Waals surface area contributed by atoms with Crippen molar-refractivity contribution in [1.82, 2.24) is 0 Å². The monoisotopic (exact) mass is 406 g/mol. The van der Waals surface area contributed by atoms with Crippen molar-refractivity contribution in [3.05, 3.63) is 32.9 Å². The van der Waals surface area contributed by atoms with Crippen LogP contribution in [0.1, 0.15) is 57.9 Å². The predicted molar refractivity (Wildman–Crippen MR) is 92.3 cm³/mol. The third kappa shape index (κ3) is 4.64. The third-order valence-corrected chi connectivity index (χ3v) is 6.02. The van der Waals surface area contributed by atoms with Gasteiger partial charge in [-0.1, -0.05) is 39.5 Å². The van der Waals surface area contributed by atoms with E-state index in [0.717, 1.165) is 17.9 Å². The molecule has 118 valence electrons. The smallest absolute Gasteiger partial charge is 0.139 e. The van der Waals surface area contributed by atoms with Gasteiger partial charge in [0, 0.05) is 0 Å². The molecule has 0 aromatic heterocycles. The van der Waals surface area contributed by atoms with Crippen molar-refractivity contribution in [2.75, 3.05) is 0 Å². The van der Waals surface area contributed by atoms with Crippen molar-refractivity contribution in [1.29, 1.82) is 0 Å². The SMILES string of the molecule is CCCC1CCC(C(C)Cc2cc(F)c(I)c(F)c2)CC1. The van der Waals surface area contributed by atoms with Crippen LogP contribution in [0.15, 0.2) is 12.1 Å². The molecule has 0 N–H and O–H groups in total. The van der Waals surface area contributed by atoms with Crippen LogP contribution in [-0.4, -0.2) is 0 Å². The van der Waals surface area contributed by atoms with Crippen LogP contribution in [0.3, 0.4) is 0 Å². The molecule has 1 fully saturated rings. The zero-order valence-electron chi connectivity index (χ0n) is 13.0. The van der Waals surface area contributed by atoms with Gasteiger partial charge in [-0.25, -0.2) is 8.78 Å². The lowest BCUT2D eigenvalue weighted by atomic mass is 9.74. The van der Waals surface area contributed by atoms with Crippen molar-refractivity contribution in [3.8, 4) is 0 Å². The Bertz CT molecular complexity index is 441. The molecule has 1 aromatic rings. The molecule has 3 heteroatoms. The maximum Gasteiger partial charge on any atom is 0.139 e. The van der Waals surface area contributed by atoms with Crippen LogP contribution in [0, 0.1) is 33.0 Å². The van der Waals surface area contributed by atoms with Gasteiger partial charge in [0.25, 0.3) is 0 Å². The van der Waals surface area contributed by atoms with Gasteiger partial charge in [-0.15, -0.1) is 0 Å². The number of benzene rings is 1. The number of rotatable bonds is 5. The van der Waals surface area contributed by atoms with Crippen molar-refractivity contribution >= 4 is 22.6 Å². The Morgan fingerprint density at radius 1 is 1.14 bits per heavy atom. The normalized spacial score (nSPS) is 24.0. The minimum atomic E-state index is -0.426. The first-order chi connectivity index (χ1) is 10.0. The average molecular weight is 406 g/mol. The Kier molecular flexibility index (Phi) is 6.45. The summed E-state index contributed by atoms with van der Waals surface area (Å²) in [5, 5.41) is 0. The van der Waals surface area contributed by atoms with Gasteiger partial charge in [-0.3, -0.25) is 0 Å². The molecule has 21 heavy (non-hydrogen) atoms. The Morgan fingerprint density at radius 2 is 1.71 bits per heavy atom. The minimum Gasteiger partial charge on any atom is -0.206 e. The van der Waals surface area contributed by atoms with E-state index in [4.69, 9.17) is 0 Å². The molecule has 0 aliphatic heterocycles. The van der Waals surface area contributed by atoms with Crippen LogP contribution in [0.5, 0.6) is 0 Å². The summed E-state index contributed by atoms with van der Waals surface area (Å²) in [7, 11) is 0. The van der Waals surface area contributed by atoms with Crippen LogP contribution < -0.4 is 0 Å². The van der Waals surface area contributed by atoms with E-state index >= 15 is 0 Å². The van der Waals surface area contributed by atoms with Gasteiger partial charge in [0.15, 0.2) is 0 Å². The highest BCUT2D eigenvalue weighted by atomic mass is 127. The predicted octanol–water partition coefficient (Wildman–Crippen LogP) is 6.35. The number of hydrogen-bond acceptors (Lipinski definition) is 0. The molecular weight excluding hydrogens is 381 g/mol. The van der Waals surface area contributed by atoms with E-state index in [2.05, 4.69) is 13.8 Å². The van der Waals surface area contributed by atoms with E-state index in [-0.39, 0.29) is 3.57 Å². The first-order valence-corrected chi connectivity index (χ1v) is 9.22. The Balaban J connectivity index is 1.92. The van der Waals surface area contributed by atoms with Crippen LogP contribution in [0.25, 0.3) is 0 Å². The fraction of sp³-hybridized carbons (Fsp3) is 0.667. The summed E-state index contributed by atoms with van der Waals surface area (Å²) in [6, 6.07) is 3.01. The van der Waals surface area contributed by atoms with E-state index in [1.54, 1.807) is 22.6 Å². The quantitative estimate of drug-likeness (QED) is 0.395. The second-order valence-corrected chi connectivity index (χ2v) is 7.70. The largest absolute Gasteiger partial charge is 0.206 e. The lowest BCUT2D eigenvalue weighted by molar-refractivity contribution is 0.206. The lowest BCUT2D eigenvalue weighted by Gasteiger charge is -2.32. The standard InChI is InChI=1S/C18H25F2I/c1-3-4-13-5-7-15(8-6-13)12(2)9-14-10-16(19)18(21)17(20)11-14/h10-13,15H,3-9H2,1-2H3. The zero-order valence-corrected chi connectivity index (χ0v) is 15.1.